The van der Waals surface area contributed by atoms with Gasteiger partial charge in [0, 0.05) is 16.7 Å². The highest BCUT2D eigenvalue weighted by molar-refractivity contribution is 9.10. The minimum absolute atomic E-state index is 0.647. The van der Waals surface area contributed by atoms with E-state index in [0.717, 1.165) is 21.5 Å². The number of nitrogens with zero attached hydrogens (tertiary/aromatic N) is 3. The van der Waals surface area contributed by atoms with Crippen LogP contribution in [0.3, 0.4) is 0 Å². The molecule has 0 unspecified atom stereocenters. The molecule has 0 spiro atoms. The Hall–Kier alpha value is -0.900. The van der Waals surface area contributed by atoms with E-state index in [1.165, 1.54) is 12.8 Å². The molecule has 1 fully saturated rings. The van der Waals surface area contributed by atoms with E-state index in [1.54, 1.807) is 0 Å². The molecule has 0 N–H and O–H groups in total. The third-order valence-corrected chi connectivity index (χ3v) is 3.02. The molecular weight excluding hydrogens is 242 g/mol. The molecule has 2 heterocycles. The summed E-state index contributed by atoms with van der Waals surface area (Å²) in [5.74, 6) is 1.08. The van der Waals surface area contributed by atoms with Crippen LogP contribution < -0.4 is 0 Å². The van der Waals surface area contributed by atoms with Crippen LogP contribution >= 0.6 is 15.9 Å². The summed E-state index contributed by atoms with van der Waals surface area (Å²) in [5.41, 5.74) is 2.01. The average molecular weight is 252 g/mol. The number of hydrogen-bond donors (Lipinski definition) is 0. The van der Waals surface area contributed by atoms with E-state index in [9.17, 15) is 0 Å². The normalized spacial score (nSPS) is 16.4. The van der Waals surface area contributed by atoms with Gasteiger partial charge in [-0.1, -0.05) is 0 Å². The molecule has 2 aromatic rings. The molecule has 4 heteroatoms. The number of halogens is 1. The Labute approximate surface area is 90.3 Å². The van der Waals surface area contributed by atoms with Gasteiger partial charge in [-0.2, -0.15) is 0 Å². The van der Waals surface area contributed by atoms with Gasteiger partial charge in [-0.25, -0.2) is 9.97 Å². The minimum Gasteiger partial charge on any atom is -0.310 e. The number of aryl methyl sites for hydroxylation is 1. The van der Waals surface area contributed by atoms with E-state index in [1.807, 2.05) is 19.2 Å². The van der Waals surface area contributed by atoms with Gasteiger partial charge in [0.25, 0.3) is 0 Å². The lowest BCUT2D eigenvalue weighted by atomic mass is 10.4. The van der Waals surface area contributed by atoms with E-state index < -0.39 is 0 Å². The van der Waals surface area contributed by atoms with Crippen LogP contribution in [0.15, 0.2) is 16.7 Å². The zero-order valence-corrected chi connectivity index (χ0v) is 9.45. The van der Waals surface area contributed by atoms with Crippen molar-refractivity contribution in [2.45, 2.75) is 25.8 Å². The first-order valence-corrected chi connectivity index (χ1v) is 5.55. The summed E-state index contributed by atoms with van der Waals surface area (Å²) in [4.78, 5) is 8.92. The Bertz CT molecular complexity index is 499. The van der Waals surface area contributed by atoms with Crippen molar-refractivity contribution in [3.8, 4) is 0 Å². The van der Waals surface area contributed by atoms with Crippen LogP contribution in [-0.2, 0) is 0 Å². The molecule has 0 aliphatic heterocycles. The van der Waals surface area contributed by atoms with E-state index in [2.05, 4.69) is 30.5 Å². The van der Waals surface area contributed by atoms with Gasteiger partial charge < -0.3 is 4.57 Å². The van der Waals surface area contributed by atoms with E-state index in [-0.39, 0.29) is 0 Å². The van der Waals surface area contributed by atoms with Crippen LogP contribution in [0.1, 0.15) is 24.7 Å². The molecule has 2 aromatic heterocycles. The highest BCUT2D eigenvalue weighted by atomic mass is 79.9. The fourth-order valence-corrected chi connectivity index (χ4v) is 2.16. The average Bonchev–Trinajstić information content (AvgIpc) is 2.89. The molecule has 0 atom stereocenters. The van der Waals surface area contributed by atoms with Crippen molar-refractivity contribution in [2.75, 3.05) is 0 Å². The summed E-state index contributed by atoms with van der Waals surface area (Å²) in [6.07, 6.45) is 4.37. The Kier molecular flexibility index (Phi) is 1.68. The fraction of sp³-hybridized carbons (Fsp3) is 0.400. The van der Waals surface area contributed by atoms with Gasteiger partial charge in [0.2, 0.25) is 0 Å². The monoisotopic (exact) mass is 251 g/mol. The van der Waals surface area contributed by atoms with Crippen molar-refractivity contribution in [2.24, 2.45) is 0 Å². The number of rotatable bonds is 1. The van der Waals surface area contributed by atoms with Crippen LogP contribution in [0.4, 0.5) is 0 Å². The van der Waals surface area contributed by atoms with Crippen molar-refractivity contribution < 1.29 is 0 Å². The maximum Gasteiger partial charge on any atom is 0.160 e. The largest absolute Gasteiger partial charge is 0.310 e. The Morgan fingerprint density at radius 1 is 1.50 bits per heavy atom. The smallest absolute Gasteiger partial charge is 0.160 e. The molecule has 1 aliphatic carbocycles. The molecule has 0 radical (unpaired) electrons. The minimum atomic E-state index is 0.647. The number of imidazole rings is 1. The molecule has 3 rings (SSSR count). The van der Waals surface area contributed by atoms with Crippen LogP contribution in [0.2, 0.25) is 0 Å². The number of fused-ring (bicyclic) bond motifs is 1. The van der Waals surface area contributed by atoms with Crippen LogP contribution in [0.25, 0.3) is 11.2 Å². The summed E-state index contributed by atoms with van der Waals surface area (Å²) in [6.45, 7) is 2.05. The van der Waals surface area contributed by atoms with Gasteiger partial charge in [0.15, 0.2) is 5.65 Å². The molecule has 0 aromatic carbocycles. The highest BCUT2D eigenvalue weighted by Crippen LogP contribution is 2.38. The van der Waals surface area contributed by atoms with E-state index >= 15 is 0 Å². The molecule has 0 amide bonds. The highest BCUT2D eigenvalue weighted by Gasteiger charge is 2.27. The zero-order chi connectivity index (χ0) is 9.71. The Morgan fingerprint density at radius 3 is 3.00 bits per heavy atom. The second-order valence-corrected chi connectivity index (χ2v) is 4.67. The van der Waals surface area contributed by atoms with Crippen molar-refractivity contribution >= 4 is 27.1 Å². The molecule has 1 aliphatic rings. The van der Waals surface area contributed by atoms with Gasteiger partial charge in [0.1, 0.15) is 11.3 Å². The summed E-state index contributed by atoms with van der Waals surface area (Å²) in [5, 5.41) is 0. The molecule has 1 saturated carbocycles. The molecule has 0 bridgehead atoms. The zero-order valence-electron chi connectivity index (χ0n) is 7.87. The maximum atomic E-state index is 4.51. The van der Waals surface area contributed by atoms with E-state index in [4.69, 9.17) is 0 Å². The van der Waals surface area contributed by atoms with Gasteiger partial charge in [0.05, 0.1) is 0 Å². The van der Waals surface area contributed by atoms with Crippen molar-refractivity contribution in [1.29, 1.82) is 0 Å². The third-order valence-electron chi connectivity index (χ3n) is 2.58. The van der Waals surface area contributed by atoms with Gasteiger partial charge in [-0.05, 0) is 41.8 Å². The Balaban J connectivity index is 2.32. The SMILES string of the molecule is Cc1nc2cc(Br)cnc2n1C1CC1. The van der Waals surface area contributed by atoms with Crippen molar-refractivity contribution in [1.82, 2.24) is 14.5 Å². The van der Waals surface area contributed by atoms with Crippen molar-refractivity contribution in [3.05, 3.63) is 22.6 Å². The summed E-state index contributed by atoms with van der Waals surface area (Å²) < 4.78 is 3.24. The fourth-order valence-electron chi connectivity index (χ4n) is 1.84. The predicted octanol–water partition coefficient (Wildman–Crippen LogP) is 2.84. The van der Waals surface area contributed by atoms with Crippen LogP contribution in [-0.4, -0.2) is 14.5 Å². The molecule has 0 saturated heterocycles. The first-order chi connectivity index (χ1) is 6.75. The second-order valence-electron chi connectivity index (χ2n) is 3.76. The first kappa shape index (κ1) is 8.41. The number of hydrogen-bond acceptors (Lipinski definition) is 2. The third kappa shape index (κ3) is 1.17. The lowest BCUT2D eigenvalue weighted by Gasteiger charge is -2.01. The topological polar surface area (TPSA) is 30.7 Å². The van der Waals surface area contributed by atoms with Gasteiger partial charge >= 0.3 is 0 Å². The molecule has 14 heavy (non-hydrogen) atoms. The molecule has 3 nitrogen and oxygen atoms in total. The molecule has 72 valence electrons. The quantitative estimate of drug-likeness (QED) is 0.781. The van der Waals surface area contributed by atoms with Crippen LogP contribution in [0, 0.1) is 6.92 Å². The standard InChI is InChI=1S/C10H10BrN3/c1-6-13-9-4-7(11)5-12-10(9)14(6)8-2-3-8/h4-5,8H,2-3H2,1H3. The maximum absolute atomic E-state index is 4.51. The van der Waals surface area contributed by atoms with Gasteiger partial charge in [-0.3, -0.25) is 0 Å². The lowest BCUT2D eigenvalue weighted by Crippen LogP contribution is -1.97. The lowest BCUT2D eigenvalue weighted by molar-refractivity contribution is 0.726. The van der Waals surface area contributed by atoms with Crippen LogP contribution in [0.5, 0.6) is 0 Å². The number of pyridine rings is 1. The Morgan fingerprint density at radius 2 is 2.29 bits per heavy atom. The summed E-state index contributed by atoms with van der Waals surface area (Å²) >= 11 is 3.41. The summed E-state index contributed by atoms with van der Waals surface area (Å²) in [6, 6.07) is 2.67. The van der Waals surface area contributed by atoms with Gasteiger partial charge in [-0.15, -0.1) is 0 Å². The van der Waals surface area contributed by atoms with E-state index in [0.29, 0.717) is 6.04 Å². The summed E-state index contributed by atoms with van der Waals surface area (Å²) in [7, 11) is 0. The predicted molar refractivity (Wildman–Crippen MR) is 58.2 cm³/mol. The first-order valence-electron chi connectivity index (χ1n) is 4.76. The second kappa shape index (κ2) is 2.79. The number of aromatic nitrogens is 3. The molecular formula is C10H10BrN3. The van der Waals surface area contributed by atoms with Crippen molar-refractivity contribution in [3.63, 3.8) is 0 Å².